The molecule has 2 N–H and O–H groups in total. The standard InChI is InChI=1S/C15H11Cl2N5O3/c1-7(25-15(24)9-3-2-8(16)4-10(9)17)14(23)22-13-11-12(19-5-18-11)20-6-21-13/h2-7H,1H3,(H2,18,19,20,21,22,23). The van der Waals surface area contributed by atoms with Crippen LogP contribution in [0.15, 0.2) is 30.9 Å². The Hall–Kier alpha value is -2.71. The van der Waals surface area contributed by atoms with E-state index in [0.717, 1.165) is 0 Å². The van der Waals surface area contributed by atoms with E-state index in [0.29, 0.717) is 16.2 Å². The van der Waals surface area contributed by atoms with Gasteiger partial charge in [-0.1, -0.05) is 23.2 Å². The van der Waals surface area contributed by atoms with Gasteiger partial charge in [0, 0.05) is 5.02 Å². The van der Waals surface area contributed by atoms with Crippen LogP contribution in [0.1, 0.15) is 17.3 Å². The number of aromatic amines is 1. The van der Waals surface area contributed by atoms with Gasteiger partial charge in [0.05, 0.1) is 16.9 Å². The monoisotopic (exact) mass is 379 g/mol. The summed E-state index contributed by atoms with van der Waals surface area (Å²) in [5.41, 5.74) is 0.988. The predicted octanol–water partition coefficient (Wildman–Crippen LogP) is 2.84. The average molecular weight is 380 g/mol. The number of ether oxygens (including phenoxy) is 1. The zero-order valence-corrected chi connectivity index (χ0v) is 14.3. The number of esters is 1. The number of anilines is 1. The minimum absolute atomic E-state index is 0.115. The van der Waals surface area contributed by atoms with Crippen molar-refractivity contribution in [2.24, 2.45) is 0 Å². The first kappa shape index (κ1) is 17.1. The summed E-state index contributed by atoms with van der Waals surface area (Å²) < 4.78 is 5.14. The molecule has 0 radical (unpaired) electrons. The van der Waals surface area contributed by atoms with Crippen molar-refractivity contribution in [1.82, 2.24) is 19.9 Å². The Morgan fingerprint density at radius 3 is 2.80 bits per heavy atom. The number of carbonyl (C=O) groups is 2. The van der Waals surface area contributed by atoms with Crippen LogP contribution >= 0.6 is 23.2 Å². The molecule has 0 fully saturated rings. The van der Waals surface area contributed by atoms with Crippen molar-refractivity contribution in [3.05, 3.63) is 46.5 Å². The summed E-state index contributed by atoms with van der Waals surface area (Å²) in [5, 5.41) is 3.09. The zero-order valence-electron chi connectivity index (χ0n) is 12.8. The Bertz CT molecular complexity index is 959. The van der Waals surface area contributed by atoms with E-state index in [1.54, 1.807) is 0 Å². The maximum atomic E-state index is 12.2. The smallest absolute Gasteiger partial charge is 0.340 e. The minimum atomic E-state index is -1.08. The van der Waals surface area contributed by atoms with E-state index in [4.69, 9.17) is 27.9 Å². The molecule has 0 saturated carbocycles. The molecule has 1 amide bonds. The Morgan fingerprint density at radius 1 is 1.24 bits per heavy atom. The highest BCUT2D eigenvalue weighted by molar-refractivity contribution is 6.36. The van der Waals surface area contributed by atoms with Crippen LogP contribution < -0.4 is 5.32 Å². The third kappa shape index (κ3) is 3.70. The second kappa shape index (κ2) is 7.04. The number of hydrogen-bond donors (Lipinski definition) is 2. The van der Waals surface area contributed by atoms with Gasteiger partial charge >= 0.3 is 5.97 Å². The fourth-order valence-corrected chi connectivity index (χ4v) is 2.50. The number of halogens is 2. The highest BCUT2D eigenvalue weighted by atomic mass is 35.5. The van der Waals surface area contributed by atoms with Gasteiger partial charge in [-0.05, 0) is 25.1 Å². The molecular formula is C15H11Cl2N5O3. The lowest BCUT2D eigenvalue weighted by Gasteiger charge is -2.14. The molecule has 1 atom stereocenters. The van der Waals surface area contributed by atoms with E-state index < -0.39 is 18.0 Å². The van der Waals surface area contributed by atoms with Crippen molar-refractivity contribution < 1.29 is 14.3 Å². The normalized spacial score (nSPS) is 12.0. The molecule has 25 heavy (non-hydrogen) atoms. The van der Waals surface area contributed by atoms with Crippen LogP contribution in [0, 0.1) is 0 Å². The Kier molecular flexibility index (Phi) is 4.82. The Labute approximate surface area is 151 Å². The molecule has 1 aromatic carbocycles. The summed E-state index contributed by atoms with van der Waals surface area (Å²) in [5.74, 6) is -1.06. The van der Waals surface area contributed by atoms with E-state index in [9.17, 15) is 9.59 Å². The molecule has 2 heterocycles. The number of nitrogens with zero attached hydrogens (tertiary/aromatic N) is 3. The molecular weight excluding hydrogens is 369 g/mol. The number of rotatable bonds is 4. The average Bonchev–Trinajstić information content (AvgIpc) is 3.04. The van der Waals surface area contributed by atoms with E-state index in [1.807, 2.05) is 0 Å². The van der Waals surface area contributed by atoms with Crippen LogP contribution in [0.5, 0.6) is 0 Å². The summed E-state index contributed by atoms with van der Waals surface area (Å²) >= 11 is 11.7. The largest absolute Gasteiger partial charge is 0.449 e. The van der Waals surface area contributed by atoms with E-state index in [1.165, 1.54) is 37.8 Å². The van der Waals surface area contributed by atoms with Gasteiger partial charge in [-0.15, -0.1) is 0 Å². The molecule has 3 rings (SSSR count). The fraction of sp³-hybridized carbons (Fsp3) is 0.133. The Morgan fingerprint density at radius 2 is 2.04 bits per heavy atom. The van der Waals surface area contributed by atoms with Crippen LogP contribution in [-0.2, 0) is 9.53 Å². The predicted molar refractivity (Wildman–Crippen MR) is 91.7 cm³/mol. The van der Waals surface area contributed by atoms with Crippen LogP contribution in [0.3, 0.4) is 0 Å². The number of fused-ring (bicyclic) bond motifs is 1. The molecule has 0 spiro atoms. The molecule has 0 saturated heterocycles. The lowest BCUT2D eigenvalue weighted by Crippen LogP contribution is -2.30. The number of aromatic nitrogens is 4. The van der Waals surface area contributed by atoms with E-state index >= 15 is 0 Å². The highest BCUT2D eigenvalue weighted by Crippen LogP contribution is 2.22. The Balaban J connectivity index is 1.70. The topological polar surface area (TPSA) is 110 Å². The summed E-state index contributed by atoms with van der Waals surface area (Å²) in [6.07, 6.45) is 1.62. The quantitative estimate of drug-likeness (QED) is 0.674. The van der Waals surface area contributed by atoms with Gasteiger partial charge < -0.3 is 15.0 Å². The van der Waals surface area contributed by atoms with Gasteiger partial charge in [0.25, 0.3) is 5.91 Å². The maximum absolute atomic E-state index is 12.2. The summed E-state index contributed by atoms with van der Waals surface area (Å²) in [6.45, 7) is 1.43. The lowest BCUT2D eigenvalue weighted by atomic mass is 10.2. The summed E-state index contributed by atoms with van der Waals surface area (Å²) in [7, 11) is 0. The van der Waals surface area contributed by atoms with Gasteiger partial charge in [-0.3, -0.25) is 4.79 Å². The van der Waals surface area contributed by atoms with Crippen molar-refractivity contribution in [3.63, 3.8) is 0 Å². The SMILES string of the molecule is CC(OC(=O)c1ccc(Cl)cc1Cl)C(=O)Nc1ncnc2nc[nH]c12. The molecule has 0 aliphatic rings. The first-order chi connectivity index (χ1) is 12.0. The van der Waals surface area contributed by atoms with Crippen molar-refractivity contribution in [1.29, 1.82) is 0 Å². The maximum Gasteiger partial charge on any atom is 0.340 e. The third-order valence-corrected chi connectivity index (χ3v) is 3.82. The molecule has 10 heteroatoms. The number of imidazole rings is 1. The summed E-state index contributed by atoms with van der Waals surface area (Å²) in [6, 6.07) is 4.35. The molecule has 0 aliphatic carbocycles. The number of carbonyl (C=O) groups excluding carboxylic acids is 2. The number of hydrogen-bond acceptors (Lipinski definition) is 6. The first-order valence-electron chi connectivity index (χ1n) is 7.06. The number of H-pyrrole nitrogens is 1. The van der Waals surface area contributed by atoms with Gasteiger partial charge in [0.2, 0.25) is 0 Å². The van der Waals surface area contributed by atoms with E-state index in [-0.39, 0.29) is 16.4 Å². The molecule has 8 nitrogen and oxygen atoms in total. The summed E-state index contributed by atoms with van der Waals surface area (Å²) in [4.78, 5) is 39.1. The van der Waals surface area contributed by atoms with Gasteiger partial charge in [0.1, 0.15) is 11.8 Å². The first-order valence-corrected chi connectivity index (χ1v) is 7.82. The van der Waals surface area contributed by atoms with Gasteiger partial charge in [-0.25, -0.2) is 19.7 Å². The third-order valence-electron chi connectivity index (χ3n) is 3.27. The van der Waals surface area contributed by atoms with Crippen LogP contribution in [-0.4, -0.2) is 37.9 Å². The van der Waals surface area contributed by atoms with Crippen LogP contribution in [0.2, 0.25) is 10.0 Å². The number of benzene rings is 1. The zero-order chi connectivity index (χ0) is 18.0. The van der Waals surface area contributed by atoms with E-state index in [2.05, 4.69) is 25.3 Å². The number of amides is 1. The number of nitrogens with one attached hydrogen (secondary N) is 2. The van der Waals surface area contributed by atoms with Crippen molar-refractivity contribution in [2.75, 3.05) is 5.32 Å². The highest BCUT2D eigenvalue weighted by Gasteiger charge is 2.22. The van der Waals surface area contributed by atoms with Gasteiger partial charge in [0.15, 0.2) is 17.6 Å². The lowest BCUT2D eigenvalue weighted by molar-refractivity contribution is -0.123. The molecule has 2 aromatic heterocycles. The second-order valence-corrected chi connectivity index (χ2v) is 5.83. The molecule has 0 bridgehead atoms. The molecule has 3 aromatic rings. The molecule has 128 valence electrons. The van der Waals surface area contributed by atoms with Crippen LogP contribution in [0.4, 0.5) is 5.82 Å². The van der Waals surface area contributed by atoms with Gasteiger partial charge in [-0.2, -0.15) is 0 Å². The van der Waals surface area contributed by atoms with Crippen LogP contribution in [0.25, 0.3) is 11.2 Å². The van der Waals surface area contributed by atoms with Crippen molar-refractivity contribution >= 4 is 52.1 Å². The minimum Gasteiger partial charge on any atom is -0.449 e. The van der Waals surface area contributed by atoms with Crippen molar-refractivity contribution in [3.8, 4) is 0 Å². The molecule has 0 aliphatic heterocycles. The fourth-order valence-electron chi connectivity index (χ4n) is 2.01. The second-order valence-electron chi connectivity index (χ2n) is 4.98. The molecule has 1 unspecified atom stereocenters. The van der Waals surface area contributed by atoms with Crippen molar-refractivity contribution in [2.45, 2.75) is 13.0 Å².